The molecule has 0 spiro atoms. The topological polar surface area (TPSA) is 88.7 Å². The number of nitrogens with zero attached hydrogens (tertiary/aromatic N) is 2. The normalized spacial score (nSPS) is 10.6. The average molecular weight is 267 g/mol. The monoisotopic (exact) mass is 267 g/mol. The second kappa shape index (κ2) is 6.94. The third kappa shape index (κ3) is 3.82. The Bertz CT molecular complexity index is 435. The van der Waals surface area contributed by atoms with Crippen LogP contribution in [0.15, 0.2) is 12.3 Å². The molecule has 1 aromatic rings. The molecule has 0 unspecified atom stereocenters. The predicted molar refractivity (Wildman–Crippen MR) is 74.2 cm³/mol. The maximum atomic E-state index is 11.6. The second-order valence-electron chi connectivity index (χ2n) is 4.49. The van der Waals surface area contributed by atoms with E-state index < -0.39 is 5.97 Å². The Labute approximate surface area is 113 Å². The molecular weight excluding hydrogens is 246 g/mol. The van der Waals surface area contributed by atoms with E-state index in [1.165, 1.54) is 13.3 Å². The number of aliphatic hydroxyl groups is 1. The molecule has 0 radical (unpaired) electrons. The number of methoxy groups -OCH3 is 1. The van der Waals surface area contributed by atoms with Crippen molar-refractivity contribution in [1.29, 1.82) is 0 Å². The molecule has 0 aliphatic carbocycles. The largest absolute Gasteiger partial charge is 0.465 e. The van der Waals surface area contributed by atoms with Gasteiger partial charge in [0.1, 0.15) is 5.82 Å². The van der Waals surface area contributed by atoms with Gasteiger partial charge in [0.05, 0.1) is 24.6 Å². The number of carbonyl (C=O) groups is 1. The number of aliphatic hydroxyl groups excluding tert-OH is 1. The lowest BCUT2D eigenvalue weighted by Gasteiger charge is -2.28. The number of nitrogens with two attached hydrogens (primary N) is 1. The number of rotatable bonds is 6. The fourth-order valence-electron chi connectivity index (χ4n) is 1.78. The van der Waals surface area contributed by atoms with Crippen LogP contribution < -0.4 is 10.6 Å². The van der Waals surface area contributed by atoms with E-state index in [0.29, 0.717) is 30.0 Å². The Morgan fingerprint density at radius 1 is 1.58 bits per heavy atom. The van der Waals surface area contributed by atoms with Crippen molar-refractivity contribution >= 4 is 17.5 Å². The maximum absolute atomic E-state index is 11.6. The smallest absolute Gasteiger partial charge is 0.340 e. The van der Waals surface area contributed by atoms with Gasteiger partial charge in [-0.3, -0.25) is 0 Å². The molecule has 0 saturated heterocycles. The van der Waals surface area contributed by atoms with Crippen molar-refractivity contribution in [2.75, 3.05) is 30.9 Å². The van der Waals surface area contributed by atoms with Crippen LogP contribution in [0.1, 0.15) is 30.6 Å². The molecule has 1 aromatic heterocycles. The molecule has 19 heavy (non-hydrogen) atoms. The SMILES string of the molecule is COC(=O)c1cc(N(CCCO)C(C)C)ncc1N. The maximum Gasteiger partial charge on any atom is 0.340 e. The van der Waals surface area contributed by atoms with Crippen molar-refractivity contribution in [3.63, 3.8) is 0 Å². The summed E-state index contributed by atoms with van der Waals surface area (Å²) >= 11 is 0. The minimum absolute atomic E-state index is 0.113. The lowest BCUT2D eigenvalue weighted by molar-refractivity contribution is 0.0602. The van der Waals surface area contributed by atoms with E-state index >= 15 is 0 Å². The van der Waals surface area contributed by atoms with Crippen molar-refractivity contribution in [3.8, 4) is 0 Å². The summed E-state index contributed by atoms with van der Waals surface area (Å²) in [5, 5.41) is 8.93. The molecular formula is C13H21N3O3. The van der Waals surface area contributed by atoms with Gasteiger partial charge in [-0.1, -0.05) is 0 Å². The summed E-state index contributed by atoms with van der Waals surface area (Å²) in [4.78, 5) is 17.8. The summed E-state index contributed by atoms with van der Waals surface area (Å²) in [6, 6.07) is 1.83. The average Bonchev–Trinajstić information content (AvgIpc) is 2.39. The van der Waals surface area contributed by atoms with Crippen LogP contribution in [0.5, 0.6) is 0 Å². The third-order valence-electron chi connectivity index (χ3n) is 2.80. The van der Waals surface area contributed by atoms with E-state index in [1.807, 2.05) is 18.7 Å². The summed E-state index contributed by atoms with van der Waals surface area (Å²) in [6.45, 7) is 4.81. The van der Waals surface area contributed by atoms with Crippen LogP contribution in [0.25, 0.3) is 0 Å². The number of ether oxygens (including phenoxy) is 1. The van der Waals surface area contributed by atoms with Crippen molar-refractivity contribution in [3.05, 3.63) is 17.8 Å². The Balaban J connectivity index is 3.07. The zero-order valence-electron chi connectivity index (χ0n) is 11.6. The number of nitrogen functional groups attached to an aromatic ring is 1. The summed E-state index contributed by atoms with van der Waals surface area (Å²) in [6.07, 6.45) is 2.09. The van der Waals surface area contributed by atoms with Crippen LogP contribution in [0.3, 0.4) is 0 Å². The lowest BCUT2D eigenvalue weighted by atomic mass is 10.2. The highest BCUT2D eigenvalue weighted by Crippen LogP contribution is 2.21. The fraction of sp³-hybridized carbons (Fsp3) is 0.538. The van der Waals surface area contributed by atoms with E-state index in [0.717, 1.165) is 0 Å². The minimum Gasteiger partial charge on any atom is -0.465 e. The first-order chi connectivity index (χ1) is 9.01. The van der Waals surface area contributed by atoms with Crippen molar-refractivity contribution in [1.82, 2.24) is 4.98 Å². The van der Waals surface area contributed by atoms with Gasteiger partial charge < -0.3 is 20.5 Å². The number of esters is 1. The molecule has 0 atom stereocenters. The fourth-order valence-corrected chi connectivity index (χ4v) is 1.78. The Kier molecular flexibility index (Phi) is 5.57. The van der Waals surface area contributed by atoms with E-state index in [4.69, 9.17) is 10.8 Å². The van der Waals surface area contributed by atoms with Gasteiger partial charge in [-0.05, 0) is 26.3 Å². The minimum atomic E-state index is -0.480. The molecule has 0 aromatic carbocycles. The summed E-state index contributed by atoms with van der Waals surface area (Å²) < 4.78 is 4.69. The van der Waals surface area contributed by atoms with E-state index in [-0.39, 0.29) is 12.6 Å². The quantitative estimate of drug-likeness (QED) is 0.749. The summed E-state index contributed by atoms with van der Waals surface area (Å²) in [5.41, 5.74) is 6.32. The zero-order valence-corrected chi connectivity index (χ0v) is 11.6. The molecule has 1 rings (SSSR count). The van der Waals surface area contributed by atoms with Crippen molar-refractivity contribution in [2.45, 2.75) is 26.3 Å². The number of carbonyl (C=O) groups excluding carboxylic acids is 1. The Morgan fingerprint density at radius 3 is 2.79 bits per heavy atom. The van der Waals surface area contributed by atoms with E-state index in [9.17, 15) is 4.79 Å². The molecule has 0 amide bonds. The van der Waals surface area contributed by atoms with Crippen molar-refractivity contribution < 1.29 is 14.6 Å². The first-order valence-corrected chi connectivity index (χ1v) is 6.22. The number of hydrogen-bond donors (Lipinski definition) is 2. The number of hydrogen-bond acceptors (Lipinski definition) is 6. The van der Waals surface area contributed by atoms with Gasteiger partial charge in [0.25, 0.3) is 0 Å². The van der Waals surface area contributed by atoms with Crippen LogP contribution in [0, 0.1) is 0 Å². The van der Waals surface area contributed by atoms with Gasteiger partial charge in [0.15, 0.2) is 0 Å². The van der Waals surface area contributed by atoms with Crippen molar-refractivity contribution in [2.24, 2.45) is 0 Å². The number of anilines is 2. The van der Waals surface area contributed by atoms with Crippen LogP contribution >= 0.6 is 0 Å². The van der Waals surface area contributed by atoms with Crippen LogP contribution in [0.2, 0.25) is 0 Å². The third-order valence-corrected chi connectivity index (χ3v) is 2.80. The van der Waals surface area contributed by atoms with Gasteiger partial charge in [-0.2, -0.15) is 0 Å². The zero-order chi connectivity index (χ0) is 14.4. The molecule has 1 heterocycles. The highest BCUT2D eigenvalue weighted by Gasteiger charge is 2.16. The first-order valence-electron chi connectivity index (χ1n) is 6.22. The molecule has 0 saturated carbocycles. The lowest BCUT2D eigenvalue weighted by Crippen LogP contribution is -2.33. The molecule has 3 N–H and O–H groups in total. The molecule has 0 aliphatic rings. The standard InChI is InChI=1S/C13H21N3O3/c1-9(2)16(5-4-6-17)12-7-10(13(18)19-3)11(14)8-15-12/h7-9,17H,4-6,14H2,1-3H3. The van der Waals surface area contributed by atoms with Gasteiger partial charge in [0.2, 0.25) is 0 Å². The van der Waals surface area contributed by atoms with E-state index in [2.05, 4.69) is 9.72 Å². The number of pyridine rings is 1. The molecule has 106 valence electrons. The molecule has 0 aliphatic heterocycles. The molecule has 6 nitrogen and oxygen atoms in total. The molecule has 0 bridgehead atoms. The summed E-state index contributed by atoms with van der Waals surface area (Å²) in [7, 11) is 1.31. The molecule has 6 heteroatoms. The van der Waals surface area contributed by atoms with Gasteiger partial charge in [-0.25, -0.2) is 9.78 Å². The van der Waals surface area contributed by atoms with Gasteiger partial charge >= 0.3 is 5.97 Å². The van der Waals surface area contributed by atoms with Crippen LogP contribution in [-0.2, 0) is 4.74 Å². The first kappa shape index (κ1) is 15.2. The summed E-state index contributed by atoms with van der Waals surface area (Å²) in [5.74, 6) is 0.171. The highest BCUT2D eigenvalue weighted by molar-refractivity contribution is 5.95. The van der Waals surface area contributed by atoms with Gasteiger partial charge in [-0.15, -0.1) is 0 Å². The molecule has 0 fully saturated rings. The second-order valence-corrected chi connectivity index (χ2v) is 4.49. The van der Waals surface area contributed by atoms with Gasteiger partial charge in [0, 0.05) is 19.2 Å². The Hall–Kier alpha value is -1.82. The van der Waals surface area contributed by atoms with Crippen LogP contribution in [-0.4, -0.2) is 42.4 Å². The number of aromatic nitrogens is 1. The van der Waals surface area contributed by atoms with E-state index in [1.54, 1.807) is 6.07 Å². The highest BCUT2D eigenvalue weighted by atomic mass is 16.5. The predicted octanol–water partition coefficient (Wildman–Crippen LogP) is 1.05. The van der Waals surface area contributed by atoms with Crippen LogP contribution in [0.4, 0.5) is 11.5 Å². The Morgan fingerprint density at radius 2 is 2.26 bits per heavy atom.